The molecule has 3 rings (SSSR count). The van der Waals surface area contributed by atoms with Crippen molar-refractivity contribution in [3.63, 3.8) is 0 Å². The van der Waals surface area contributed by atoms with Crippen molar-refractivity contribution in [2.75, 3.05) is 7.11 Å². The van der Waals surface area contributed by atoms with Crippen molar-refractivity contribution in [3.8, 4) is 17.0 Å². The van der Waals surface area contributed by atoms with E-state index in [0.717, 1.165) is 34.2 Å². The first-order valence-corrected chi connectivity index (χ1v) is 8.09. The van der Waals surface area contributed by atoms with E-state index in [-0.39, 0.29) is 5.56 Å². The molecule has 1 heterocycles. The lowest BCUT2D eigenvalue weighted by atomic mass is 9.98. The van der Waals surface area contributed by atoms with Crippen LogP contribution in [0.2, 0.25) is 0 Å². The van der Waals surface area contributed by atoms with Crippen LogP contribution in [0.4, 0.5) is 4.39 Å². The molecule has 5 heteroatoms. The lowest BCUT2D eigenvalue weighted by Crippen LogP contribution is -2.04. The van der Waals surface area contributed by atoms with E-state index in [2.05, 4.69) is 4.98 Å². The average molecular weight is 351 g/mol. The molecule has 0 spiro atoms. The number of aryl methyl sites for hydroxylation is 1. The molecule has 26 heavy (non-hydrogen) atoms. The number of ether oxygens (including phenoxy) is 1. The fraction of sp³-hybridized carbons (Fsp3) is 0.143. The molecule has 1 N–H and O–H groups in total. The van der Waals surface area contributed by atoms with Gasteiger partial charge in [-0.05, 0) is 54.3 Å². The van der Waals surface area contributed by atoms with Gasteiger partial charge in [0.15, 0.2) is 0 Å². The van der Waals surface area contributed by atoms with Crippen LogP contribution in [-0.2, 0) is 6.42 Å². The Balaban J connectivity index is 1.92. The standard InChI is InChI=1S/C21H18FNO3/c1-13-8-14(9-15-6-7-17(22)11-19(15)21(24)25)12-23-20(13)16-4-3-5-18(10-16)26-2/h3-8,10-12H,9H2,1-2H3,(H,24,25). The zero-order valence-corrected chi connectivity index (χ0v) is 14.5. The Morgan fingerprint density at radius 3 is 2.69 bits per heavy atom. The van der Waals surface area contributed by atoms with Gasteiger partial charge >= 0.3 is 5.97 Å². The Bertz CT molecular complexity index is 969. The quantitative estimate of drug-likeness (QED) is 0.735. The van der Waals surface area contributed by atoms with Crippen LogP contribution in [0.3, 0.4) is 0 Å². The highest BCUT2D eigenvalue weighted by Gasteiger charge is 2.13. The molecule has 1 aromatic heterocycles. The van der Waals surface area contributed by atoms with E-state index in [1.165, 1.54) is 12.1 Å². The number of halogens is 1. The maximum Gasteiger partial charge on any atom is 0.336 e. The van der Waals surface area contributed by atoms with Gasteiger partial charge in [-0.15, -0.1) is 0 Å². The van der Waals surface area contributed by atoms with Crippen molar-refractivity contribution in [2.24, 2.45) is 0 Å². The zero-order chi connectivity index (χ0) is 18.7. The maximum atomic E-state index is 13.3. The van der Waals surface area contributed by atoms with Gasteiger partial charge < -0.3 is 9.84 Å². The van der Waals surface area contributed by atoms with E-state index in [4.69, 9.17) is 4.74 Å². The van der Waals surface area contributed by atoms with Gasteiger partial charge in [0.2, 0.25) is 0 Å². The lowest BCUT2D eigenvalue weighted by Gasteiger charge is -2.10. The molecule has 0 radical (unpaired) electrons. The molecule has 0 unspecified atom stereocenters. The van der Waals surface area contributed by atoms with Crippen molar-refractivity contribution in [3.05, 3.63) is 82.8 Å². The molecule has 0 amide bonds. The molecule has 0 saturated heterocycles. The van der Waals surface area contributed by atoms with E-state index in [0.29, 0.717) is 12.0 Å². The van der Waals surface area contributed by atoms with Gasteiger partial charge in [0, 0.05) is 11.8 Å². The Morgan fingerprint density at radius 2 is 2.00 bits per heavy atom. The molecule has 3 aromatic rings. The monoisotopic (exact) mass is 351 g/mol. The van der Waals surface area contributed by atoms with Crippen molar-refractivity contribution < 1.29 is 19.0 Å². The summed E-state index contributed by atoms with van der Waals surface area (Å²) in [4.78, 5) is 15.9. The number of rotatable bonds is 5. The SMILES string of the molecule is COc1cccc(-c2ncc(Cc3ccc(F)cc3C(=O)O)cc2C)c1. The van der Waals surface area contributed by atoms with E-state index in [1.54, 1.807) is 13.3 Å². The molecular formula is C21H18FNO3. The van der Waals surface area contributed by atoms with Crippen LogP contribution in [0.1, 0.15) is 27.0 Å². The Hall–Kier alpha value is -3.21. The molecule has 4 nitrogen and oxygen atoms in total. The maximum absolute atomic E-state index is 13.3. The van der Waals surface area contributed by atoms with Gasteiger partial charge in [0.05, 0.1) is 18.4 Å². The second-order valence-electron chi connectivity index (χ2n) is 6.02. The Kier molecular flexibility index (Phi) is 4.98. The molecule has 0 aliphatic rings. The molecule has 0 bridgehead atoms. The van der Waals surface area contributed by atoms with Gasteiger partial charge in [-0.3, -0.25) is 4.98 Å². The third kappa shape index (κ3) is 3.72. The number of hydrogen-bond donors (Lipinski definition) is 1. The number of aromatic carboxylic acids is 1. The smallest absolute Gasteiger partial charge is 0.336 e. The van der Waals surface area contributed by atoms with Gasteiger partial charge in [0.25, 0.3) is 0 Å². The van der Waals surface area contributed by atoms with Crippen molar-refractivity contribution >= 4 is 5.97 Å². The van der Waals surface area contributed by atoms with Gasteiger partial charge in [-0.1, -0.05) is 24.3 Å². The molecule has 0 atom stereocenters. The van der Waals surface area contributed by atoms with Crippen LogP contribution in [0.5, 0.6) is 5.75 Å². The number of benzene rings is 2. The van der Waals surface area contributed by atoms with E-state index >= 15 is 0 Å². The van der Waals surface area contributed by atoms with Gasteiger partial charge in [-0.25, -0.2) is 9.18 Å². The van der Waals surface area contributed by atoms with Gasteiger partial charge in [-0.2, -0.15) is 0 Å². The summed E-state index contributed by atoms with van der Waals surface area (Å²) in [5, 5.41) is 9.27. The van der Waals surface area contributed by atoms with Crippen molar-refractivity contribution in [1.29, 1.82) is 0 Å². The van der Waals surface area contributed by atoms with Crippen LogP contribution in [0.15, 0.2) is 54.7 Å². The number of methoxy groups -OCH3 is 1. The van der Waals surface area contributed by atoms with Crippen LogP contribution >= 0.6 is 0 Å². The van der Waals surface area contributed by atoms with Crippen LogP contribution in [0.25, 0.3) is 11.3 Å². The minimum Gasteiger partial charge on any atom is -0.497 e. The van der Waals surface area contributed by atoms with Crippen molar-refractivity contribution in [2.45, 2.75) is 13.3 Å². The highest BCUT2D eigenvalue weighted by atomic mass is 19.1. The summed E-state index contributed by atoms with van der Waals surface area (Å²) >= 11 is 0. The average Bonchev–Trinajstić information content (AvgIpc) is 2.63. The second kappa shape index (κ2) is 7.35. The number of pyridine rings is 1. The molecule has 0 aliphatic carbocycles. The Morgan fingerprint density at radius 1 is 1.19 bits per heavy atom. The number of carboxylic acid groups (broad SMARTS) is 1. The fourth-order valence-electron chi connectivity index (χ4n) is 2.92. The molecule has 0 fully saturated rings. The molecule has 132 valence electrons. The fourth-order valence-corrected chi connectivity index (χ4v) is 2.92. The summed E-state index contributed by atoms with van der Waals surface area (Å²) < 4.78 is 18.6. The number of carbonyl (C=O) groups is 1. The van der Waals surface area contributed by atoms with E-state index in [1.807, 2.05) is 37.3 Å². The Labute approximate surface area is 150 Å². The first kappa shape index (κ1) is 17.6. The predicted molar refractivity (Wildman–Crippen MR) is 97.1 cm³/mol. The number of aromatic nitrogens is 1. The normalized spacial score (nSPS) is 10.6. The second-order valence-corrected chi connectivity index (χ2v) is 6.02. The first-order chi connectivity index (χ1) is 12.5. The summed E-state index contributed by atoms with van der Waals surface area (Å²) in [6.07, 6.45) is 2.09. The summed E-state index contributed by atoms with van der Waals surface area (Å²) in [7, 11) is 1.62. The highest BCUT2D eigenvalue weighted by molar-refractivity contribution is 5.89. The van der Waals surface area contributed by atoms with Crippen LogP contribution < -0.4 is 4.74 Å². The van der Waals surface area contributed by atoms with E-state index < -0.39 is 11.8 Å². The van der Waals surface area contributed by atoms with E-state index in [9.17, 15) is 14.3 Å². The minimum absolute atomic E-state index is 0.0282. The summed E-state index contributed by atoms with van der Waals surface area (Å²) in [5.41, 5.74) is 4.14. The topological polar surface area (TPSA) is 59.4 Å². The largest absolute Gasteiger partial charge is 0.497 e. The highest BCUT2D eigenvalue weighted by Crippen LogP contribution is 2.26. The lowest BCUT2D eigenvalue weighted by molar-refractivity contribution is 0.0695. The molecule has 0 saturated carbocycles. The van der Waals surface area contributed by atoms with Crippen molar-refractivity contribution in [1.82, 2.24) is 4.98 Å². The third-order valence-corrected chi connectivity index (χ3v) is 4.17. The zero-order valence-electron chi connectivity index (χ0n) is 14.5. The number of nitrogens with zero attached hydrogens (tertiary/aromatic N) is 1. The third-order valence-electron chi connectivity index (χ3n) is 4.17. The molecule has 2 aromatic carbocycles. The number of hydrogen-bond acceptors (Lipinski definition) is 3. The minimum atomic E-state index is -1.14. The summed E-state index contributed by atoms with van der Waals surface area (Å²) in [6.45, 7) is 1.95. The summed E-state index contributed by atoms with van der Waals surface area (Å²) in [5.74, 6) is -0.948. The van der Waals surface area contributed by atoms with Gasteiger partial charge in [0.1, 0.15) is 11.6 Å². The van der Waals surface area contributed by atoms with Crippen LogP contribution in [-0.4, -0.2) is 23.2 Å². The van der Waals surface area contributed by atoms with Crippen LogP contribution in [0, 0.1) is 12.7 Å². The molecular weight excluding hydrogens is 333 g/mol. The first-order valence-electron chi connectivity index (χ1n) is 8.09. The summed E-state index contributed by atoms with van der Waals surface area (Å²) in [6, 6.07) is 13.4. The predicted octanol–water partition coefficient (Wildman–Crippen LogP) is 4.49. The molecule has 0 aliphatic heterocycles. The number of carboxylic acids is 1.